The second-order valence-corrected chi connectivity index (χ2v) is 4.91. The van der Waals surface area contributed by atoms with E-state index in [0.29, 0.717) is 6.04 Å². The predicted octanol–water partition coefficient (Wildman–Crippen LogP) is 3.70. The monoisotopic (exact) mass is 272 g/mol. The van der Waals surface area contributed by atoms with Crippen LogP contribution in [-0.2, 0) is 4.74 Å². The van der Waals surface area contributed by atoms with Crippen molar-refractivity contribution >= 4 is 10.9 Å². The van der Waals surface area contributed by atoms with Gasteiger partial charge < -0.3 is 10.1 Å². The number of pyridine rings is 1. The standard InChI is InChI=1S/C17H24N2O/c1-3-18-17(10-7-11-20-4-2)15-12-14-8-5-6-9-16(14)19-13-15/h5-6,8-9,12-13,17-18H,3-4,7,10-11H2,1-2H3. The van der Waals surface area contributed by atoms with Crippen LogP contribution in [0.2, 0.25) is 0 Å². The van der Waals surface area contributed by atoms with E-state index in [2.05, 4.69) is 41.5 Å². The molecular formula is C17H24N2O. The smallest absolute Gasteiger partial charge is 0.0702 e. The maximum Gasteiger partial charge on any atom is 0.0702 e. The molecule has 1 heterocycles. The third-order valence-corrected chi connectivity index (χ3v) is 3.45. The zero-order chi connectivity index (χ0) is 14.2. The van der Waals surface area contributed by atoms with Crippen LogP contribution in [-0.4, -0.2) is 24.7 Å². The summed E-state index contributed by atoms with van der Waals surface area (Å²) in [6.45, 7) is 6.77. The third-order valence-electron chi connectivity index (χ3n) is 3.45. The van der Waals surface area contributed by atoms with Crippen molar-refractivity contribution in [2.24, 2.45) is 0 Å². The number of benzene rings is 1. The van der Waals surface area contributed by atoms with Gasteiger partial charge in [-0.2, -0.15) is 0 Å². The zero-order valence-corrected chi connectivity index (χ0v) is 12.4. The third kappa shape index (κ3) is 4.02. The Morgan fingerprint density at radius 1 is 1.25 bits per heavy atom. The highest BCUT2D eigenvalue weighted by Gasteiger charge is 2.11. The van der Waals surface area contributed by atoms with E-state index < -0.39 is 0 Å². The molecule has 1 atom stereocenters. The zero-order valence-electron chi connectivity index (χ0n) is 12.4. The van der Waals surface area contributed by atoms with Gasteiger partial charge in [-0.3, -0.25) is 4.98 Å². The summed E-state index contributed by atoms with van der Waals surface area (Å²) in [6, 6.07) is 10.9. The molecule has 0 fully saturated rings. The largest absolute Gasteiger partial charge is 0.382 e. The highest BCUT2D eigenvalue weighted by Crippen LogP contribution is 2.21. The quantitative estimate of drug-likeness (QED) is 0.744. The van der Waals surface area contributed by atoms with Gasteiger partial charge in [0.15, 0.2) is 0 Å². The molecule has 0 aliphatic rings. The Morgan fingerprint density at radius 3 is 2.90 bits per heavy atom. The second kappa shape index (κ2) is 7.98. The maximum atomic E-state index is 5.42. The molecule has 0 spiro atoms. The van der Waals surface area contributed by atoms with Gasteiger partial charge in [-0.25, -0.2) is 0 Å². The molecule has 0 amide bonds. The Kier molecular flexibility index (Phi) is 5.96. The molecule has 0 aliphatic heterocycles. The van der Waals surface area contributed by atoms with E-state index in [1.165, 1.54) is 10.9 Å². The van der Waals surface area contributed by atoms with Gasteiger partial charge >= 0.3 is 0 Å². The van der Waals surface area contributed by atoms with Gasteiger partial charge in [-0.1, -0.05) is 25.1 Å². The molecule has 3 heteroatoms. The van der Waals surface area contributed by atoms with Crippen LogP contribution in [0, 0.1) is 0 Å². The van der Waals surface area contributed by atoms with Gasteiger partial charge in [0.1, 0.15) is 0 Å². The molecule has 0 aliphatic carbocycles. The number of para-hydroxylation sites is 1. The second-order valence-electron chi connectivity index (χ2n) is 4.91. The highest BCUT2D eigenvalue weighted by atomic mass is 16.5. The molecule has 1 unspecified atom stereocenters. The van der Waals surface area contributed by atoms with E-state index in [-0.39, 0.29) is 0 Å². The van der Waals surface area contributed by atoms with Crippen LogP contribution < -0.4 is 5.32 Å². The van der Waals surface area contributed by atoms with Crippen LogP contribution >= 0.6 is 0 Å². The Bertz CT molecular complexity index is 527. The van der Waals surface area contributed by atoms with Gasteiger partial charge in [0, 0.05) is 30.8 Å². The van der Waals surface area contributed by atoms with Crippen LogP contribution in [0.3, 0.4) is 0 Å². The first kappa shape index (κ1) is 14.9. The summed E-state index contributed by atoms with van der Waals surface area (Å²) in [6.07, 6.45) is 4.14. The van der Waals surface area contributed by atoms with Gasteiger partial charge in [0.2, 0.25) is 0 Å². The van der Waals surface area contributed by atoms with Crippen LogP contribution in [0.15, 0.2) is 36.5 Å². The molecular weight excluding hydrogens is 248 g/mol. The molecule has 0 saturated carbocycles. The van der Waals surface area contributed by atoms with Gasteiger partial charge in [0.25, 0.3) is 0 Å². The van der Waals surface area contributed by atoms with Crippen molar-refractivity contribution in [2.75, 3.05) is 19.8 Å². The van der Waals surface area contributed by atoms with Crippen LogP contribution in [0.1, 0.15) is 38.3 Å². The minimum Gasteiger partial charge on any atom is -0.382 e. The van der Waals surface area contributed by atoms with Crippen molar-refractivity contribution in [1.82, 2.24) is 10.3 Å². The molecule has 108 valence electrons. The Morgan fingerprint density at radius 2 is 2.10 bits per heavy atom. The topological polar surface area (TPSA) is 34.1 Å². The van der Waals surface area contributed by atoms with Crippen LogP contribution in [0.4, 0.5) is 0 Å². The molecule has 3 nitrogen and oxygen atoms in total. The van der Waals surface area contributed by atoms with Crippen molar-refractivity contribution in [3.8, 4) is 0 Å². The fourth-order valence-electron chi connectivity index (χ4n) is 2.45. The summed E-state index contributed by atoms with van der Waals surface area (Å²) < 4.78 is 5.42. The van der Waals surface area contributed by atoms with Crippen molar-refractivity contribution in [2.45, 2.75) is 32.7 Å². The molecule has 1 aromatic heterocycles. The number of aromatic nitrogens is 1. The molecule has 20 heavy (non-hydrogen) atoms. The molecule has 0 bridgehead atoms. The Labute approximate surface area is 121 Å². The van der Waals surface area contributed by atoms with E-state index in [1.807, 2.05) is 19.2 Å². The minimum absolute atomic E-state index is 0.359. The van der Waals surface area contributed by atoms with Crippen LogP contribution in [0.5, 0.6) is 0 Å². The lowest BCUT2D eigenvalue weighted by Gasteiger charge is -2.18. The number of ether oxygens (including phenoxy) is 1. The lowest BCUT2D eigenvalue weighted by Crippen LogP contribution is -2.21. The van der Waals surface area contributed by atoms with Gasteiger partial charge in [0.05, 0.1) is 5.52 Å². The molecule has 0 saturated heterocycles. The lowest BCUT2D eigenvalue weighted by atomic mass is 10.0. The number of nitrogens with one attached hydrogen (secondary N) is 1. The fourth-order valence-corrected chi connectivity index (χ4v) is 2.45. The lowest BCUT2D eigenvalue weighted by molar-refractivity contribution is 0.141. The average molecular weight is 272 g/mol. The summed E-state index contributed by atoms with van der Waals surface area (Å²) in [5.41, 5.74) is 2.32. The SMILES string of the molecule is CCNC(CCCOCC)c1cnc2ccccc2c1. The Hall–Kier alpha value is -1.45. The van der Waals surface area contributed by atoms with E-state index in [1.54, 1.807) is 0 Å². The molecule has 2 rings (SSSR count). The number of fused-ring (bicyclic) bond motifs is 1. The first-order valence-electron chi connectivity index (χ1n) is 7.51. The van der Waals surface area contributed by atoms with Crippen molar-refractivity contribution < 1.29 is 4.74 Å². The number of hydrogen-bond acceptors (Lipinski definition) is 3. The minimum atomic E-state index is 0.359. The summed E-state index contributed by atoms with van der Waals surface area (Å²) in [5, 5.41) is 4.75. The van der Waals surface area contributed by atoms with E-state index in [0.717, 1.165) is 38.1 Å². The average Bonchev–Trinajstić information content (AvgIpc) is 2.50. The van der Waals surface area contributed by atoms with Gasteiger partial charge in [-0.05, 0) is 44.0 Å². The van der Waals surface area contributed by atoms with E-state index >= 15 is 0 Å². The van der Waals surface area contributed by atoms with Crippen molar-refractivity contribution in [1.29, 1.82) is 0 Å². The van der Waals surface area contributed by atoms with Crippen LogP contribution in [0.25, 0.3) is 10.9 Å². The predicted molar refractivity (Wildman–Crippen MR) is 83.9 cm³/mol. The number of rotatable bonds is 8. The van der Waals surface area contributed by atoms with Gasteiger partial charge in [-0.15, -0.1) is 0 Å². The summed E-state index contributed by atoms with van der Waals surface area (Å²) in [4.78, 5) is 4.56. The van der Waals surface area contributed by atoms with E-state index in [4.69, 9.17) is 4.74 Å². The van der Waals surface area contributed by atoms with E-state index in [9.17, 15) is 0 Å². The Balaban J connectivity index is 2.09. The summed E-state index contributed by atoms with van der Waals surface area (Å²) in [7, 11) is 0. The van der Waals surface area contributed by atoms with Crippen molar-refractivity contribution in [3.63, 3.8) is 0 Å². The highest BCUT2D eigenvalue weighted by molar-refractivity contribution is 5.78. The number of nitrogens with zero attached hydrogens (tertiary/aromatic N) is 1. The molecule has 1 aromatic carbocycles. The molecule has 2 aromatic rings. The number of hydrogen-bond donors (Lipinski definition) is 1. The first-order valence-corrected chi connectivity index (χ1v) is 7.51. The molecule has 0 radical (unpaired) electrons. The first-order chi connectivity index (χ1) is 9.85. The van der Waals surface area contributed by atoms with Crippen molar-refractivity contribution in [3.05, 3.63) is 42.1 Å². The molecule has 1 N–H and O–H groups in total. The summed E-state index contributed by atoms with van der Waals surface area (Å²) in [5.74, 6) is 0. The summed E-state index contributed by atoms with van der Waals surface area (Å²) >= 11 is 0. The maximum absolute atomic E-state index is 5.42. The fraction of sp³-hybridized carbons (Fsp3) is 0.471. The normalized spacial score (nSPS) is 12.7.